The number of nitrogens with one attached hydrogen (secondary N) is 1. The lowest BCUT2D eigenvalue weighted by molar-refractivity contribution is -0.124. The highest BCUT2D eigenvalue weighted by molar-refractivity contribution is 5.85. The zero-order chi connectivity index (χ0) is 13.9. The Kier molecular flexibility index (Phi) is 4.46. The van der Waals surface area contributed by atoms with Crippen molar-refractivity contribution in [1.82, 2.24) is 5.32 Å². The molecule has 0 radical (unpaired) electrons. The lowest BCUT2D eigenvalue weighted by Crippen LogP contribution is -2.51. The third-order valence-corrected chi connectivity index (χ3v) is 3.11. The standard InChI is InChI=1S/C14H21FN2O/c1-9(2)8-17-14(4,13(16)18)11-6-5-10(3)12(15)7-11/h5-7,9,17H,8H2,1-4H3,(H2,16,18). The monoisotopic (exact) mass is 252 g/mol. The summed E-state index contributed by atoms with van der Waals surface area (Å²) in [6, 6.07) is 4.76. The first-order valence-corrected chi connectivity index (χ1v) is 6.09. The van der Waals surface area contributed by atoms with Crippen LogP contribution in [0.5, 0.6) is 0 Å². The van der Waals surface area contributed by atoms with E-state index in [0.717, 1.165) is 0 Å². The van der Waals surface area contributed by atoms with Gasteiger partial charge in [-0.3, -0.25) is 10.1 Å². The number of hydrogen-bond donors (Lipinski definition) is 2. The number of halogens is 1. The predicted octanol–water partition coefficient (Wildman–Crippen LogP) is 2.08. The maximum absolute atomic E-state index is 13.6. The third kappa shape index (κ3) is 3.07. The summed E-state index contributed by atoms with van der Waals surface area (Å²) in [4.78, 5) is 11.7. The summed E-state index contributed by atoms with van der Waals surface area (Å²) in [6.07, 6.45) is 0. The van der Waals surface area contributed by atoms with E-state index in [1.54, 1.807) is 26.0 Å². The summed E-state index contributed by atoms with van der Waals surface area (Å²) < 4.78 is 13.6. The fourth-order valence-corrected chi connectivity index (χ4v) is 1.64. The molecule has 0 aliphatic heterocycles. The lowest BCUT2D eigenvalue weighted by atomic mass is 9.90. The van der Waals surface area contributed by atoms with E-state index >= 15 is 0 Å². The molecular weight excluding hydrogens is 231 g/mol. The number of aryl methyl sites for hydroxylation is 1. The fraction of sp³-hybridized carbons (Fsp3) is 0.500. The molecule has 1 atom stereocenters. The van der Waals surface area contributed by atoms with Crippen LogP contribution in [0.1, 0.15) is 31.9 Å². The van der Waals surface area contributed by atoms with Gasteiger partial charge in [0, 0.05) is 0 Å². The van der Waals surface area contributed by atoms with Gasteiger partial charge in [-0.1, -0.05) is 26.0 Å². The molecule has 4 heteroatoms. The summed E-state index contributed by atoms with van der Waals surface area (Å²) in [5, 5.41) is 3.12. The topological polar surface area (TPSA) is 55.1 Å². The van der Waals surface area contributed by atoms with Crippen LogP contribution in [0.3, 0.4) is 0 Å². The summed E-state index contributed by atoms with van der Waals surface area (Å²) >= 11 is 0. The summed E-state index contributed by atoms with van der Waals surface area (Å²) in [6.45, 7) is 8.06. The molecule has 18 heavy (non-hydrogen) atoms. The highest BCUT2D eigenvalue weighted by atomic mass is 19.1. The quantitative estimate of drug-likeness (QED) is 0.843. The first-order valence-electron chi connectivity index (χ1n) is 6.09. The first kappa shape index (κ1) is 14.6. The van der Waals surface area contributed by atoms with Gasteiger partial charge in [0.05, 0.1) is 0 Å². The van der Waals surface area contributed by atoms with Crippen molar-refractivity contribution in [2.75, 3.05) is 6.54 Å². The molecule has 1 unspecified atom stereocenters. The minimum Gasteiger partial charge on any atom is -0.368 e. The van der Waals surface area contributed by atoms with Crippen LogP contribution in [-0.2, 0) is 10.3 Å². The summed E-state index contributed by atoms with van der Waals surface area (Å²) in [5.41, 5.74) is 5.52. The maximum atomic E-state index is 13.6. The van der Waals surface area contributed by atoms with E-state index in [0.29, 0.717) is 23.6 Å². The lowest BCUT2D eigenvalue weighted by Gasteiger charge is -2.29. The van der Waals surface area contributed by atoms with E-state index in [-0.39, 0.29) is 5.82 Å². The molecule has 0 aromatic heterocycles. The molecule has 3 N–H and O–H groups in total. The molecule has 1 amide bonds. The first-order chi connectivity index (χ1) is 8.27. The second kappa shape index (κ2) is 5.48. The number of rotatable bonds is 5. The van der Waals surface area contributed by atoms with E-state index < -0.39 is 11.4 Å². The van der Waals surface area contributed by atoms with E-state index in [1.165, 1.54) is 6.07 Å². The van der Waals surface area contributed by atoms with Gasteiger partial charge in [0.25, 0.3) is 0 Å². The van der Waals surface area contributed by atoms with Gasteiger partial charge in [-0.05, 0) is 43.5 Å². The van der Waals surface area contributed by atoms with Crippen LogP contribution in [0, 0.1) is 18.7 Å². The van der Waals surface area contributed by atoms with Gasteiger partial charge in [-0.2, -0.15) is 0 Å². The SMILES string of the molecule is Cc1ccc(C(C)(NCC(C)C)C(N)=O)cc1F. The van der Waals surface area contributed by atoms with Gasteiger partial charge in [0.2, 0.25) is 5.91 Å². The number of primary amides is 1. The molecule has 1 aromatic carbocycles. The Hall–Kier alpha value is -1.42. The van der Waals surface area contributed by atoms with Crippen molar-refractivity contribution in [1.29, 1.82) is 0 Å². The molecule has 1 aromatic rings. The van der Waals surface area contributed by atoms with E-state index in [9.17, 15) is 9.18 Å². The van der Waals surface area contributed by atoms with Gasteiger partial charge in [-0.25, -0.2) is 4.39 Å². The average Bonchev–Trinajstić information content (AvgIpc) is 2.29. The van der Waals surface area contributed by atoms with E-state index in [4.69, 9.17) is 5.73 Å². The van der Waals surface area contributed by atoms with Crippen molar-refractivity contribution in [3.8, 4) is 0 Å². The van der Waals surface area contributed by atoms with Gasteiger partial charge in [-0.15, -0.1) is 0 Å². The van der Waals surface area contributed by atoms with Crippen LogP contribution in [0.25, 0.3) is 0 Å². The minimum absolute atomic E-state index is 0.327. The Balaban J connectivity index is 3.10. The zero-order valence-corrected chi connectivity index (χ0v) is 11.4. The van der Waals surface area contributed by atoms with Crippen molar-refractivity contribution < 1.29 is 9.18 Å². The van der Waals surface area contributed by atoms with Crippen LogP contribution in [0.4, 0.5) is 4.39 Å². The summed E-state index contributed by atoms with van der Waals surface area (Å²) in [5.74, 6) is -0.461. The second-order valence-corrected chi connectivity index (χ2v) is 5.23. The van der Waals surface area contributed by atoms with Crippen molar-refractivity contribution in [3.05, 3.63) is 35.1 Å². The molecule has 0 heterocycles. The zero-order valence-electron chi connectivity index (χ0n) is 11.4. The van der Waals surface area contributed by atoms with Crippen LogP contribution >= 0.6 is 0 Å². The molecular formula is C14H21FN2O. The van der Waals surface area contributed by atoms with Gasteiger partial charge < -0.3 is 5.73 Å². The Labute approximate surface area is 108 Å². The highest BCUT2D eigenvalue weighted by Crippen LogP contribution is 2.23. The highest BCUT2D eigenvalue weighted by Gasteiger charge is 2.33. The number of benzene rings is 1. The molecule has 0 aliphatic carbocycles. The Morgan fingerprint density at radius 1 is 1.50 bits per heavy atom. The Morgan fingerprint density at radius 2 is 2.11 bits per heavy atom. The number of amides is 1. The predicted molar refractivity (Wildman–Crippen MR) is 70.5 cm³/mol. The van der Waals surface area contributed by atoms with Crippen molar-refractivity contribution in [3.63, 3.8) is 0 Å². The van der Waals surface area contributed by atoms with Crippen LogP contribution in [0.2, 0.25) is 0 Å². The maximum Gasteiger partial charge on any atom is 0.242 e. The number of hydrogen-bond acceptors (Lipinski definition) is 2. The average molecular weight is 252 g/mol. The molecule has 0 saturated heterocycles. The van der Waals surface area contributed by atoms with Crippen molar-refractivity contribution >= 4 is 5.91 Å². The fourth-order valence-electron chi connectivity index (χ4n) is 1.64. The van der Waals surface area contributed by atoms with Crippen LogP contribution < -0.4 is 11.1 Å². The minimum atomic E-state index is -1.04. The van der Waals surface area contributed by atoms with Gasteiger partial charge >= 0.3 is 0 Å². The Morgan fingerprint density at radius 3 is 2.56 bits per heavy atom. The summed E-state index contributed by atoms with van der Waals surface area (Å²) in [7, 11) is 0. The molecule has 0 spiro atoms. The van der Waals surface area contributed by atoms with Crippen LogP contribution in [-0.4, -0.2) is 12.5 Å². The Bertz CT molecular complexity index is 445. The normalized spacial score (nSPS) is 14.6. The van der Waals surface area contributed by atoms with Crippen molar-refractivity contribution in [2.24, 2.45) is 11.7 Å². The smallest absolute Gasteiger partial charge is 0.242 e. The molecule has 0 bridgehead atoms. The van der Waals surface area contributed by atoms with E-state index in [1.807, 2.05) is 13.8 Å². The molecule has 0 aliphatic rings. The van der Waals surface area contributed by atoms with Gasteiger partial charge in [0.1, 0.15) is 11.4 Å². The third-order valence-electron chi connectivity index (χ3n) is 3.11. The number of nitrogens with two attached hydrogens (primary N) is 1. The van der Waals surface area contributed by atoms with Crippen LogP contribution in [0.15, 0.2) is 18.2 Å². The van der Waals surface area contributed by atoms with Gasteiger partial charge in [0.15, 0.2) is 0 Å². The molecule has 1 rings (SSSR count). The van der Waals surface area contributed by atoms with E-state index in [2.05, 4.69) is 5.32 Å². The number of carbonyl (C=O) groups excluding carboxylic acids is 1. The molecule has 100 valence electrons. The largest absolute Gasteiger partial charge is 0.368 e. The molecule has 0 fully saturated rings. The number of carbonyl (C=O) groups is 1. The second-order valence-electron chi connectivity index (χ2n) is 5.23. The molecule has 3 nitrogen and oxygen atoms in total. The molecule has 0 saturated carbocycles. The van der Waals surface area contributed by atoms with Crippen molar-refractivity contribution in [2.45, 2.75) is 33.2 Å².